The molecular weight excluding hydrogens is 344 g/mol. The summed E-state index contributed by atoms with van der Waals surface area (Å²) in [6, 6.07) is 10.7. The number of thioether (sulfide) groups is 1. The number of nitro groups is 1. The summed E-state index contributed by atoms with van der Waals surface area (Å²) in [5, 5.41) is 31.5. The normalized spacial score (nSPS) is 9.68. The standard InChI is InChI=1S/C15H10N6O3S/c16-6-9-5-10(7-17)15(20-14(9)18)25-8-13(22)19-11-3-1-2-4-12(11)21(23)24/h1-5H,8H2,(H2,18,20)(H,19,22). The van der Waals surface area contributed by atoms with Crippen molar-refractivity contribution in [1.29, 1.82) is 10.5 Å². The fraction of sp³-hybridized carbons (Fsp3) is 0.0667. The zero-order chi connectivity index (χ0) is 18.4. The Morgan fingerprint density at radius 1 is 1.32 bits per heavy atom. The minimum atomic E-state index is -0.598. The summed E-state index contributed by atoms with van der Waals surface area (Å²) in [5.41, 5.74) is 5.65. The molecule has 0 saturated carbocycles. The Balaban J connectivity index is 2.12. The predicted molar refractivity (Wildman–Crippen MR) is 90.5 cm³/mol. The molecule has 2 rings (SSSR count). The van der Waals surface area contributed by atoms with Crippen LogP contribution in [0.2, 0.25) is 0 Å². The lowest BCUT2D eigenvalue weighted by atomic mass is 10.2. The van der Waals surface area contributed by atoms with Gasteiger partial charge in [0.1, 0.15) is 28.7 Å². The fourth-order valence-electron chi connectivity index (χ4n) is 1.85. The second-order valence-corrected chi connectivity index (χ2v) is 5.57. The molecule has 1 heterocycles. The quantitative estimate of drug-likeness (QED) is 0.469. The van der Waals surface area contributed by atoms with Crippen LogP contribution in [0.1, 0.15) is 11.1 Å². The Morgan fingerprint density at radius 3 is 2.64 bits per heavy atom. The first kappa shape index (κ1) is 17.7. The zero-order valence-electron chi connectivity index (χ0n) is 12.6. The van der Waals surface area contributed by atoms with Crippen molar-refractivity contribution in [3.8, 4) is 12.1 Å². The number of carbonyl (C=O) groups excluding carboxylic acids is 1. The Labute approximate surface area is 146 Å². The second kappa shape index (κ2) is 7.77. The van der Waals surface area contributed by atoms with Crippen molar-refractivity contribution in [2.24, 2.45) is 0 Å². The summed E-state index contributed by atoms with van der Waals surface area (Å²) >= 11 is 0.942. The Bertz CT molecular complexity index is 932. The number of rotatable bonds is 5. The second-order valence-electron chi connectivity index (χ2n) is 4.61. The number of nitrogens with zero attached hydrogens (tertiary/aromatic N) is 4. The van der Waals surface area contributed by atoms with Crippen LogP contribution in [-0.2, 0) is 4.79 Å². The third kappa shape index (κ3) is 4.22. The van der Waals surface area contributed by atoms with E-state index in [2.05, 4.69) is 10.3 Å². The van der Waals surface area contributed by atoms with Crippen LogP contribution in [0.25, 0.3) is 0 Å². The number of carbonyl (C=O) groups is 1. The molecule has 1 aromatic carbocycles. The molecule has 10 heteroatoms. The summed E-state index contributed by atoms with van der Waals surface area (Å²) in [6.45, 7) is 0. The molecule has 0 unspecified atom stereocenters. The number of nitro benzene ring substituents is 1. The Morgan fingerprint density at radius 2 is 2.00 bits per heavy atom. The molecule has 2 aromatic rings. The zero-order valence-corrected chi connectivity index (χ0v) is 13.4. The van der Waals surface area contributed by atoms with Gasteiger partial charge in [-0.2, -0.15) is 10.5 Å². The molecule has 124 valence electrons. The number of anilines is 2. The van der Waals surface area contributed by atoms with Gasteiger partial charge >= 0.3 is 0 Å². The summed E-state index contributed by atoms with van der Waals surface area (Å²) in [4.78, 5) is 26.3. The molecule has 0 aliphatic rings. The maximum atomic E-state index is 12.0. The first-order chi connectivity index (χ1) is 12.0. The largest absolute Gasteiger partial charge is 0.383 e. The molecule has 0 fully saturated rings. The molecule has 0 radical (unpaired) electrons. The molecular formula is C15H10N6O3S. The van der Waals surface area contributed by atoms with E-state index in [0.29, 0.717) is 0 Å². The van der Waals surface area contributed by atoms with Crippen molar-refractivity contribution in [3.05, 3.63) is 51.6 Å². The summed E-state index contributed by atoms with van der Waals surface area (Å²) < 4.78 is 0. The first-order valence-corrected chi connectivity index (χ1v) is 7.71. The molecule has 0 bridgehead atoms. The summed E-state index contributed by atoms with van der Waals surface area (Å²) in [7, 11) is 0. The van der Waals surface area contributed by atoms with E-state index in [-0.39, 0.29) is 39.1 Å². The van der Waals surface area contributed by atoms with Crippen molar-refractivity contribution >= 4 is 34.9 Å². The highest BCUT2D eigenvalue weighted by molar-refractivity contribution is 8.00. The Hall–Kier alpha value is -3.63. The molecule has 0 saturated heterocycles. The van der Waals surface area contributed by atoms with Crippen molar-refractivity contribution in [3.63, 3.8) is 0 Å². The van der Waals surface area contributed by atoms with Crippen LogP contribution in [-0.4, -0.2) is 21.6 Å². The van der Waals surface area contributed by atoms with E-state index in [1.807, 2.05) is 12.1 Å². The molecule has 1 aromatic heterocycles. The fourth-order valence-corrected chi connectivity index (χ4v) is 2.61. The molecule has 0 atom stereocenters. The number of para-hydroxylation sites is 2. The highest BCUT2D eigenvalue weighted by Gasteiger charge is 2.16. The van der Waals surface area contributed by atoms with Gasteiger partial charge in [0.2, 0.25) is 5.91 Å². The number of hydrogen-bond donors (Lipinski definition) is 2. The summed E-state index contributed by atoms with van der Waals surface area (Å²) in [5.74, 6) is -0.685. The van der Waals surface area contributed by atoms with E-state index in [0.717, 1.165) is 11.8 Å². The molecule has 25 heavy (non-hydrogen) atoms. The van der Waals surface area contributed by atoms with Crippen LogP contribution in [0, 0.1) is 32.8 Å². The predicted octanol–water partition coefficient (Wildman–Crippen LogP) is 2.05. The van der Waals surface area contributed by atoms with E-state index in [1.54, 1.807) is 6.07 Å². The number of nitriles is 2. The number of nitrogens with two attached hydrogens (primary N) is 1. The van der Waals surface area contributed by atoms with Crippen molar-refractivity contribution in [2.45, 2.75) is 5.03 Å². The van der Waals surface area contributed by atoms with Crippen LogP contribution < -0.4 is 11.1 Å². The lowest BCUT2D eigenvalue weighted by Gasteiger charge is -2.07. The smallest absolute Gasteiger partial charge is 0.292 e. The van der Waals surface area contributed by atoms with Crippen LogP contribution in [0.15, 0.2) is 35.4 Å². The number of nitrogens with one attached hydrogen (secondary N) is 1. The van der Waals surface area contributed by atoms with Crippen LogP contribution >= 0.6 is 11.8 Å². The lowest BCUT2D eigenvalue weighted by Crippen LogP contribution is -2.15. The van der Waals surface area contributed by atoms with Crippen LogP contribution in [0.4, 0.5) is 17.2 Å². The topological polar surface area (TPSA) is 159 Å². The van der Waals surface area contributed by atoms with Gasteiger partial charge in [-0.1, -0.05) is 23.9 Å². The lowest BCUT2D eigenvalue weighted by molar-refractivity contribution is -0.383. The van der Waals surface area contributed by atoms with Crippen molar-refractivity contribution in [1.82, 2.24) is 4.98 Å². The average Bonchev–Trinajstić information content (AvgIpc) is 2.60. The minimum Gasteiger partial charge on any atom is -0.383 e. The highest BCUT2D eigenvalue weighted by atomic mass is 32.2. The average molecular weight is 354 g/mol. The first-order valence-electron chi connectivity index (χ1n) is 6.73. The van der Waals surface area contributed by atoms with E-state index < -0.39 is 10.8 Å². The molecule has 0 aliphatic heterocycles. The maximum absolute atomic E-state index is 12.0. The van der Waals surface area contributed by atoms with Crippen molar-refractivity contribution < 1.29 is 9.72 Å². The molecule has 3 N–H and O–H groups in total. The van der Waals surface area contributed by atoms with Gasteiger partial charge in [-0.15, -0.1) is 0 Å². The van der Waals surface area contributed by atoms with Gasteiger partial charge < -0.3 is 11.1 Å². The van der Waals surface area contributed by atoms with Gasteiger partial charge in [0.25, 0.3) is 5.69 Å². The van der Waals surface area contributed by atoms with Gasteiger partial charge in [0, 0.05) is 6.07 Å². The van der Waals surface area contributed by atoms with E-state index >= 15 is 0 Å². The van der Waals surface area contributed by atoms with E-state index in [9.17, 15) is 14.9 Å². The van der Waals surface area contributed by atoms with Crippen LogP contribution in [0.3, 0.4) is 0 Å². The number of pyridine rings is 1. The van der Waals surface area contributed by atoms with Gasteiger partial charge in [0.15, 0.2) is 0 Å². The van der Waals surface area contributed by atoms with E-state index in [4.69, 9.17) is 16.3 Å². The van der Waals surface area contributed by atoms with Gasteiger partial charge in [-0.05, 0) is 12.1 Å². The van der Waals surface area contributed by atoms with Gasteiger partial charge in [-0.3, -0.25) is 14.9 Å². The third-order valence-corrected chi connectivity index (χ3v) is 3.96. The van der Waals surface area contributed by atoms with Crippen molar-refractivity contribution in [2.75, 3.05) is 16.8 Å². The number of nitrogen functional groups attached to an aromatic ring is 1. The summed E-state index contributed by atoms with van der Waals surface area (Å²) in [6.07, 6.45) is 0. The van der Waals surface area contributed by atoms with Crippen LogP contribution in [0.5, 0.6) is 0 Å². The SMILES string of the molecule is N#Cc1cc(C#N)c(SCC(=O)Nc2ccccc2[N+](=O)[O-])nc1N. The Kier molecular flexibility index (Phi) is 5.50. The number of aromatic nitrogens is 1. The molecule has 0 aliphatic carbocycles. The molecule has 0 spiro atoms. The van der Waals surface area contributed by atoms with E-state index in [1.165, 1.54) is 24.3 Å². The van der Waals surface area contributed by atoms with Gasteiger partial charge in [0.05, 0.1) is 21.8 Å². The number of amides is 1. The number of benzene rings is 1. The monoisotopic (exact) mass is 354 g/mol. The third-order valence-electron chi connectivity index (χ3n) is 2.97. The molecule has 9 nitrogen and oxygen atoms in total. The van der Waals surface area contributed by atoms with Gasteiger partial charge in [-0.25, -0.2) is 4.98 Å². The number of hydrogen-bond acceptors (Lipinski definition) is 8. The maximum Gasteiger partial charge on any atom is 0.292 e. The minimum absolute atomic E-state index is 0.0388. The highest BCUT2D eigenvalue weighted by Crippen LogP contribution is 2.26. The molecule has 1 amide bonds.